The van der Waals surface area contributed by atoms with Crippen molar-refractivity contribution in [1.82, 2.24) is 25.2 Å². The molecule has 180 valence electrons. The average molecular weight is 530 g/mol. The van der Waals surface area contributed by atoms with Crippen LogP contribution in [0.1, 0.15) is 47.4 Å². The zero-order valence-corrected chi connectivity index (χ0v) is 20.9. The van der Waals surface area contributed by atoms with Crippen molar-refractivity contribution in [2.24, 2.45) is 5.92 Å². The highest BCUT2D eigenvalue weighted by Crippen LogP contribution is 2.29. The van der Waals surface area contributed by atoms with Gasteiger partial charge in [-0.3, -0.25) is 20.1 Å². The number of aromatic nitrogens is 2. The smallest absolute Gasteiger partial charge is 0.269 e. The first-order valence-electron chi connectivity index (χ1n) is 11.6. The van der Waals surface area contributed by atoms with Crippen LogP contribution in [0.2, 0.25) is 0 Å². The van der Waals surface area contributed by atoms with E-state index in [-0.39, 0.29) is 17.5 Å². The second kappa shape index (κ2) is 11.2. The molecule has 0 radical (unpaired) electrons. The number of hydrogen-bond donors (Lipinski definition) is 1. The summed E-state index contributed by atoms with van der Waals surface area (Å²) in [5, 5.41) is 10.9. The molecule has 0 atom stereocenters. The van der Waals surface area contributed by atoms with Crippen LogP contribution >= 0.6 is 15.9 Å². The van der Waals surface area contributed by atoms with E-state index < -0.39 is 0 Å². The van der Waals surface area contributed by atoms with E-state index in [0.717, 1.165) is 51.9 Å². The summed E-state index contributed by atoms with van der Waals surface area (Å²) in [6.07, 6.45) is 5.99. The van der Waals surface area contributed by atoms with Gasteiger partial charge in [0.2, 0.25) is 5.82 Å². The van der Waals surface area contributed by atoms with Gasteiger partial charge in [0.15, 0.2) is 5.82 Å². The van der Waals surface area contributed by atoms with Crippen molar-refractivity contribution >= 4 is 27.7 Å². The van der Waals surface area contributed by atoms with E-state index in [2.05, 4.69) is 48.2 Å². The van der Waals surface area contributed by atoms with Crippen LogP contribution in [0.25, 0.3) is 0 Å². The molecule has 8 nitrogen and oxygen atoms in total. The lowest BCUT2D eigenvalue weighted by Gasteiger charge is -2.32. The van der Waals surface area contributed by atoms with Crippen molar-refractivity contribution in [1.29, 1.82) is 5.26 Å². The van der Waals surface area contributed by atoms with Crippen LogP contribution in [-0.2, 0) is 6.54 Å². The molecular weight excluding hydrogens is 501 g/mol. The van der Waals surface area contributed by atoms with Crippen LogP contribution in [0.15, 0.2) is 28.9 Å². The number of amides is 1. The number of nitrogens with one attached hydrogen (secondary N) is 1. The molecule has 1 aliphatic heterocycles. The molecule has 2 heterocycles. The Kier molecular flexibility index (Phi) is 8.08. The van der Waals surface area contributed by atoms with Gasteiger partial charge in [-0.15, -0.1) is 0 Å². The number of likely N-dealkylation sites (N-methyl/N-ethyl adjacent to an activating group) is 1. The molecule has 34 heavy (non-hydrogen) atoms. The second-order valence-corrected chi connectivity index (χ2v) is 9.92. The lowest BCUT2D eigenvalue weighted by atomic mass is 10.1. The normalized spacial score (nSPS) is 17.5. The van der Waals surface area contributed by atoms with Crippen LogP contribution in [0.3, 0.4) is 0 Å². The maximum atomic E-state index is 14.6. The molecule has 4 rings (SSSR count). The molecule has 1 amide bonds. The number of hydrazine groups is 1. The molecule has 1 N–H and O–H groups in total. The van der Waals surface area contributed by atoms with E-state index in [0.29, 0.717) is 40.4 Å². The summed E-state index contributed by atoms with van der Waals surface area (Å²) in [5.41, 5.74) is 3.84. The van der Waals surface area contributed by atoms with Crippen molar-refractivity contribution in [2.75, 3.05) is 44.8 Å². The molecule has 1 saturated carbocycles. The fourth-order valence-electron chi connectivity index (χ4n) is 4.51. The third-order valence-electron chi connectivity index (χ3n) is 6.53. The van der Waals surface area contributed by atoms with Gasteiger partial charge in [-0.05, 0) is 59.9 Å². The van der Waals surface area contributed by atoms with Gasteiger partial charge in [0, 0.05) is 56.6 Å². The maximum Gasteiger partial charge on any atom is 0.269 e. The van der Waals surface area contributed by atoms with Gasteiger partial charge in [-0.1, -0.05) is 12.8 Å². The fourth-order valence-corrected chi connectivity index (χ4v) is 4.91. The monoisotopic (exact) mass is 529 g/mol. The molecule has 10 heteroatoms. The number of rotatable bonds is 7. The Hall–Kier alpha value is -2.61. The molecule has 2 fully saturated rings. The van der Waals surface area contributed by atoms with E-state index in [1.54, 1.807) is 11.1 Å². The molecule has 2 aromatic rings. The minimum absolute atomic E-state index is 0.0279. The number of carbonyl (C=O) groups excluding carboxylic acids is 1. The van der Waals surface area contributed by atoms with E-state index in [4.69, 9.17) is 0 Å². The van der Waals surface area contributed by atoms with Gasteiger partial charge in [-0.2, -0.15) is 10.2 Å². The molecule has 1 aromatic carbocycles. The molecule has 0 spiro atoms. The van der Waals surface area contributed by atoms with Crippen LogP contribution in [-0.4, -0.2) is 65.4 Å². The highest BCUT2D eigenvalue weighted by Gasteiger charge is 2.24. The molecular formula is C24H29BrFN7O. The van der Waals surface area contributed by atoms with Gasteiger partial charge in [0.25, 0.3) is 5.91 Å². The van der Waals surface area contributed by atoms with Crippen molar-refractivity contribution in [3.8, 4) is 6.07 Å². The molecule has 1 saturated heterocycles. The van der Waals surface area contributed by atoms with Crippen LogP contribution in [0, 0.1) is 23.1 Å². The first kappa shape index (κ1) is 24.5. The summed E-state index contributed by atoms with van der Waals surface area (Å²) in [7, 11) is 2.08. The molecule has 0 unspecified atom stereocenters. The number of anilines is 1. The molecule has 0 bridgehead atoms. The summed E-state index contributed by atoms with van der Waals surface area (Å²) < 4.78 is 15.1. The number of nitrogens with zero attached hydrogens (tertiary/aromatic N) is 6. The number of benzene rings is 1. The first-order chi connectivity index (χ1) is 16.4. The number of piperazine rings is 1. The minimum atomic E-state index is -0.346. The Morgan fingerprint density at radius 1 is 1.29 bits per heavy atom. The Balaban J connectivity index is 1.53. The average Bonchev–Trinajstić information content (AvgIpc) is 3.35. The van der Waals surface area contributed by atoms with Crippen molar-refractivity contribution < 1.29 is 9.18 Å². The predicted octanol–water partition coefficient (Wildman–Crippen LogP) is 3.34. The molecule has 2 aliphatic rings. The van der Waals surface area contributed by atoms with Crippen LogP contribution < -0.4 is 10.4 Å². The summed E-state index contributed by atoms with van der Waals surface area (Å²) in [6.45, 7) is 4.65. The van der Waals surface area contributed by atoms with Crippen LogP contribution in [0.5, 0.6) is 0 Å². The van der Waals surface area contributed by atoms with Crippen molar-refractivity contribution in [3.63, 3.8) is 0 Å². The highest BCUT2D eigenvalue weighted by atomic mass is 79.9. The largest absolute Gasteiger partial charge is 0.304 e. The predicted molar refractivity (Wildman–Crippen MR) is 130 cm³/mol. The number of hydrogen-bond acceptors (Lipinski definition) is 7. The summed E-state index contributed by atoms with van der Waals surface area (Å²) >= 11 is 3.45. The number of nitriles is 1. The lowest BCUT2D eigenvalue weighted by molar-refractivity contribution is 0.0946. The number of halogens is 2. The SMILES string of the molecule is CN1CCN(Cc2cc(C(=O)NN(CC3CCCC3)c3nc(C#N)ncc3Br)ccc2F)CC1. The Morgan fingerprint density at radius 3 is 2.74 bits per heavy atom. The lowest BCUT2D eigenvalue weighted by Crippen LogP contribution is -2.45. The standard InChI is InChI=1S/C24H29BrFN7O/c1-31-8-10-32(11-9-31)16-19-12-18(6-7-21(19)26)24(34)30-33(15-17-4-2-3-5-17)23-20(25)14-28-22(13-27)29-23/h6-7,12,14,17H,2-5,8-11,15-16H2,1H3,(H,30,34). The third kappa shape index (κ3) is 6.09. The summed E-state index contributed by atoms with van der Waals surface area (Å²) in [4.78, 5) is 26.0. The highest BCUT2D eigenvalue weighted by molar-refractivity contribution is 9.10. The Labute approximate surface area is 207 Å². The van der Waals surface area contributed by atoms with Crippen molar-refractivity contribution in [2.45, 2.75) is 32.2 Å². The third-order valence-corrected chi connectivity index (χ3v) is 7.09. The maximum absolute atomic E-state index is 14.6. The van der Waals surface area contributed by atoms with Gasteiger partial charge in [0.1, 0.15) is 11.9 Å². The second-order valence-electron chi connectivity index (χ2n) is 9.06. The summed E-state index contributed by atoms with van der Waals surface area (Å²) in [6, 6.07) is 6.44. The van der Waals surface area contributed by atoms with Gasteiger partial charge in [-0.25, -0.2) is 9.37 Å². The number of carbonyl (C=O) groups is 1. The minimum Gasteiger partial charge on any atom is -0.304 e. The fraction of sp³-hybridized carbons (Fsp3) is 0.500. The quantitative estimate of drug-likeness (QED) is 0.550. The van der Waals surface area contributed by atoms with Gasteiger partial charge in [0.05, 0.1) is 4.47 Å². The summed E-state index contributed by atoms with van der Waals surface area (Å²) in [5.74, 6) is 0.220. The van der Waals surface area contributed by atoms with Crippen LogP contribution in [0.4, 0.5) is 10.2 Å². The van der Waals surface area contributed by atoms with Crippen molar-refractivity contribution in [3.05, 3.63) is 51.6 Å². The van der Waals surface area contributed by atoms with E-state index >= 15 is 0 Å². The van der Waals surface area contributed by atoms with E-state index in [1.165, 1.54) is 18.3 Å². The first-order valence-corrected chi connectivity index (χ1v) is 12.4. The Bertz CT molecular complexity index is 1060. The molecule has 1 aliphatic carbocycles. The zero-order chi connectivity index (χ0) is 24.1. The zero-order valence-electron chi connectivity index (χ0n) is 19.3. The van der Waals surface area contributed by atoms with Gasteiger partial charge < -0.3 is 4.90 Å². The Morgan fingerprint density at radius 2 is 2.03 bits per heavy atom. The van der Waals surface area contributed by atoms with E-state index in [9.17, 15) is 14.4 Å². The van der Waals surface area contributed by atoms with E-state index in [1.807, 2.05) is 6.07 Å². The van der Waals surface area contributed by atoms with Gasteiger partial charge >= 0.3 is 0 Å². The molecule has 1 aromatic heterocycles. The topological polar surface area (TPSA) is 88.4 Å².